The van der Waals surface area contributed by atoms with Gasteiger partial charge in [-0.25, -0.2) is 0 Å². The average Bonchev–Trinajstić information content (AvgIpc) is 0.811. The van der Waals surface area contributed by atoms with Gasteiger partial charge in [-0.2, -0.15) is 0 Å². The molecular weight excluding hydrogens is 260 g/mol. The number of rotatable bonds is 0. The van der Waals surface area contributed by atoms with Crippen LogP contribution in [-0.2, 0) is 25.5 Å². The average molecular weight is 262 g/mol. The van der Waals surface area contributed by atoms with Gasteiger partial charge in [0, 0.05) is 21.1 Å². The molecule has 0 heterocycles. The van der Waals surface area contributed by atoms with Crippen molar-refractivity contribution < 1.29 is 35.1 Å². The van der Waals surface area contributed by atoms with Crippen LogP contribution >= 0.6 is 0 Å². The summed E-state index contributed by atoms with van der Waals surface area (Å²) in [6.45, 7) is 0. The fourth-order valence-electron chi connectivity index (χ4n) is 0. The molecular formula is H2O3SiW. The molecule has 0 aliphatic rings. The first-order valence-corrected chi connectivity index (χ1v) is 1.95. The van der Waals surface area contributed by atoms with Gasteiger partial charge in [0.05, 0.1) is 0 Å². The van der Waals surface area contributed by atoms with Crippen molar-refractivity contribution in [1.82, 2.24) is 0 Å². The third-order valence-electron chi connectivity index (χ3n) is 0. The van der Waals surface area contributed by atoms with E-state index in [1.54, 1.807) is 0 Å². The molecule has 0 saturated heterocycles. The molecule has 0 spiro atoms. The normalized spacial score (nSPS) is 4.80. The Balaban J connectivity index is 0. The Hall–Kier alpha value is 0.305. The van der Waals surface area contributed by atoms with Crippen molar-refractivity contribution in [3.8, 4) is 0 Å². The van der Waals surface area contributed by atoms with Gasteiger partial charge in [0.1, 0.15) is 0 Å². The largest absolute Gasteiger partial charge is 0.761 e. The first-order valence-electron chi connectivity index (χ1n) is 0.651. The topological polar surface area (TPSA) is 57.5 Å². The van der Waals surface area contributed by atoms with E-state index in [-0.39, 0.29) is 21.1 Å². The molecule has 0 aliphatic carbocycles. The van der Waals surface area contributed by atoms with Gasteiger partial charge in [0.25, 0.3) is 0 Å². The SMILES string of the molecule is O=[Si](O)O.[W]. The van der Waals surface area contributed by atoms with Gasteiger partial charge >= 0.3 is 9.17 Å². The van der Waals surface area contributed by atoms with E-state index in [4.69, 9.17) is 14.1 Å². The molecule has 0 saturated carbocycles. The van der Waals surface area contributed by atoms with E-state index in [0.29, 0.717) is 0 Å². The second kappa shape index (κ2) is 4.31. The van der Waals surface area contributed by atoms with Crippen LogP contribution in [0.2, 0.25) is 0 Å². The maximum atomic E-state index is 8.74. The van der Waals surface area contributed by atoms with Gasteiger partial charge in [-0.1, -0.05) is 0 Å². The van der Waals surface area contributed by atoms with Crippen LogP contribution in [0.15, 0.2) is 0 Å². The van der Waals surface area contributed by atoms with E-state index in [1.165, 1.54) is 0 Å². The monoisotopic (exact) mass is 262 g/mol. The van der Waals surface area contributed by atoms with E-state index in [2.05, 4.69) is 0 Å². The molecule has 0 aromatic carbocycles. The molecule has 30 valence electrons. The van der Waals surface area contributed by atoms with Crippen molar-refractivity contribution in [2.45, 2.75) is 0 Å². The number of hydrogen-bond acceptors (Lipinski definition) is 1. The summed E-state index contributed by atoms with van der Waals surface area (Å²) in [5.41, 5.74) is 0. The summed E-state index contributed by atoms with van der Waals surface area (Å²) in [5.74, 6) is 0. The maximum absolute atomic E-state index is 8.74. The minimum absolute atomic E-state index is 0. The van der Waals surface area contributed by atoms with E-state index in [9.17, 15) is 0 Å². The molecule has 0 aromatic rings. The molecule has 0 radical (unpaired) electrons. The van der Waals surface area contributed by atoms with E-state index < -0.39 is 9.17 Å². The van der Waals surface area contributed by atoms with Crippen LogP contribution in [0, 0.1) is 0 Å². The summed E-state index contributed by atoms with van der Waals surface area (Å²) in [6.07, 6.45) is 0. The Labute approximate surface area is 44.8 Å². The molecule has 0 rings (SSSR count). The summed E-state index contributed by atoms with van der Waals surface area (Å²) in [5, 5.41) is 0. The molecule has 2 N–H and O–H groups in total. The summed E-state index contributed by atoms with van der Waals surface area (Å²) >= 11 is 0. The third-order valence-corrected chi connectivity index (χ3v) is 0. The van der Waals surface area contributed by atoms with E-state index >= 15 is 0 Å². The Morgan fingerprint density at radius 2 is 1.40 bits per heavy atom. The molecule has 0 amide bonds. The molecule has 0 aromatic heterocycles. The molecule has 0 bridgehead atoms. The molecule has 3 nitrogen and oxygen atoms in total. The second-order valence-corrected chi connectivity index (χ2v) is 0.848. The first-order chi connectivity index (χ1) is 1.73. The summed E-state index contributed by atoms with van der Waals surface area (Å²) in [6, 6.07) is 0. The van der Waals surface area contributed by atoms with Gasteiger partial charge in [-0.05, 0) is 0 Å². The second-order valence-electron chi connectivity index (χ2n) is 0.283. The Kier molecular flexibility index (Phi) is 7.75. The van der Waals surface area contributed by atoms with Crippen molar-refractivity contribution in [3.05, 3.63) is 0 Å². The van der Waals surface area contributed by atoms with Gasteiger partial charge in [-0.15, -0.1) is 0 Å². The van der Waals surface area contributed by atoms with Crippen LogP contribution in [0.3, 0.4) is 0 Å². The summed E-state index contributed by atoms with van der Waals surface area (Å²) in [7, 11) is -3.13. The third kappa shape index (κ3) is 246. The van der Waals surface area contributed by atoms with E-state index in [0.717, 1.165) is 0 Å². The summed E-state index contributed by atoms with van der Waals surface area (Å²) in [4.78, 5) is 14.3. The Bertz CT molecular complexity index is 29.9. The Morgan fingerprint density at radius 3 is 1.40 bits per heavy atom. The molecule has 5 heavy (non-hydrogen) atoms. The molecule has 0 unspecified atom stereocenters. The predicted molar refractivity (Wildman–Crippen MR) is 10.9 cm³/mol. The van der Waals surface area contributed by atoms with Crippen LogP contribution in [-0.4, -0.2) is 18.8 Å². The van der Waals surface area contributed by atoms with Crippen molar-refractivity contribution in [2.24, 2.45) is 0 Å². The predicted octanol–water partition coefficient (Wildman–Crippen LogP) is -1.62. The molecule has 0 aliphatic heterocycles. The smallest absolute Gasteiger partial charge is 0.511 e. The fraction of sp³-hybridized carbons (Fsp3) is 0. The fourth-order valence-corrected chi connectivity index (χ4v) is 0. The molecule has 0 atom stereocenters. The Morgan fingerprint density at radius 1 is 1.40 bits per heavy atom. The molecule has 5 heteroatoms. The zero-order chi connectivity index (χ0) is 3.58. The minimum atomic E-state index is -3.13. The zero-order valence-corrected chi connectivity index (χ0v) is 6.14. The van der Waals surface area contributed by atoms with Gasteiger partial charge in [0.2, 0.25) is 0 Å². The van der Waals surface area contributed by atoms with Gasteiger partial charge in [0.15, 0.2) is 0 Å². The van der Waals surface area contributed by atoms with E-state index in [1.807, 2.05) is 0 Å². The van der Waals surface area contributed by atoms with Crippen molar-refractivity contribution in [2.75, 3.05) is 0 Å². The van der Waals surface area contributed by atoms with Crippen molar-refractivity contribution in [1.29, 1.82) is 0 Å². The van der Waals surface area contributed by atoms with Crippen molar-refractivity contribution in [3.63, 3.8) is 0 Å². The molecule has 0 fully saturated rings. The van der Waals surface area contributed by atoms with Crippen molar-refractivity contribution >= 4 is 9.17 Å². The van der Waals surface area contributed by atoms with Crippen LogP contribution in [0.25, 0.3) is 0 Å². The first kappa shape index (κ1) is 9.00. The number of hydrogen-bond donors (Lipinski definition) is 2. The zero-order valence-electron chi connectivity index (χ0n) is 2.21. The van der Waals surface area contributed by atoms with Crippen LogP contribution in [0.1, 0.15) is 0 Å². The quantitative estimate of drug-likeness (QED) is 0.516. The standard InChI is InChI=1S/H2O3Si.W/c1-4(2)3;/h1-2H;. The summed E-state index contributed by atoms with van der Waals surface area (Å²) < 4.78 is 8.74. The van der Waals surface area contributed by atoms with Crippen LogP contribution in [0.4, 0.5) is 0 Å². The van der Waals surface area contributed by atoms with Crippen LogP contribution in [0.5, 0.6) is 0 Å². The minimum Gasteiger partial charge on any atom is -0.511 e. The van der Waals surface area contributed by atoms with Crippen LogP contribution < -0.4 is 0 Å². The maximum Gasteiger partial charge on any atom is 0.761 e. The van der Waals surface area contributed by atoms with Gasteiger partial charge < -0.3 is 9.59 Å². The van der Waals surface area contributed by atoms with Gasteiger partial charge in [-0.3, -0.25) is 4.46 Å².